The average molecular weight is 418 g/mol. The maximum absolute atomic E-state index is 12.4. The first-order valence-electron chi connectivity index (χ1n) is 10.2. The van der Waals surface area contributed by atoms with Crippen LogP contribution in [0.3, 0.4) is 0 Å². The molecule has 0 spiro atoms. The molecule has 9 heteroatoms. The summed E-state index contributed by atoms with van der Waals surface area (Å²) in [6.07, 6.45) is -0.0272. The Balaban J connectivity index is 1.61. The molecule has 0 unspecified atom stereocenters. The van der Waals surface area contributed by atoms with Gasteiger partial charge in [-0.05, 0) is 45.4 Å². The standard InChI is InChI=1S/C21H31N5O4/c1-14-12-25(9-10-26(14)20(28)29-21(2,3)4)13-15-5-6-17-16(11-15)19(24-30-17)23-8-7-18(22)27/h5-6,11,14H,7-10,12-13H2,1-4H3,(H2,22,27)(H,23,24)/t14-/m0/s1. The van der Waals surface area contributed by atoms with Crippen LogP contribution in [-0.2, 0) is 16.1 Å². The van der Waals surface area contributed by atoms with Crippen LogP contribution < -0.4 is 11.1 Å². The van der Waals surface area contributed by atoms with E-state index in [4.69, 9.17) is 15.0 Å². The second-order valence-electron chi connectivity index (χ2n) is 8.76. The molecule has 30 heavy (non-hydrogen) atoms. The van der Waals surface area contributed by atoms with E-state index in [1.54, 1.807) is 4.90 Å². The highest BCUT2D eigenvalue weighted by atomic mass is 16.6. The lowest BCUT2D eigenvalue weighted by molar-refractivity contribution is -0.117. The number of benzene rings is 1. The summed E-state index contributed by atoms with van der Waals surface area (Å²) in [6.45, 7) is 11.0. The maximum Gasteiger partial charge on any atom is 0.410 e. The first-order chi connectivity index (χ1) is 14.1. The normalized spacial score (nSPS) is 17.9. The first kappa shape index (κ1) is 21.9. The zero-order chi connectivity index (χ0) is 21.9. The molecule has 9 nitrogen and oxygen atoms in total. The first-order valence-corrected chi connectivity index (χ1v) is 10.2. The lowest BCUT2D eigenvalue weighted by Crippen LogP contribution is -2.54. The molecule has 0 radical (unpaired) electrons. The minimum absolute atomic E-state index is 0.0685. The molecular weight excluding hydrogens is 386 g/mol. The quantitative estimate of drug-likeness (QED) is 0.742. The van der Waals surface area contributed by atoms with Crippen molar-refractivity contribution < 1.29 is 18.8 Å². The van der Waals surface area contributed by atoms with Gasteiger partial charge in [0.05, 0.1) is 5.39 Å². The van der Waals surface area contributed by atoms with Gasteiger partial charge in [0.1, 0.15) is 5.60 Å². The van der Waals surface area contributed by atoms with E-state index in [0.717, 1.165) is 30.6 Å². The van der Waals surface area contributed by atoms with Gasteiger partial charge in [-0.15, -0.1) is 0 Å². The molecule has 0 aliphatic carbocycles. The Morgan fingerprint density at radius 3 is 2.77 bits per heavy atom. The third kappa shape index (κ3) is 5.63. The minimum atomic E-state index is -0.495. The van der Waals surface area contributed by atoms with Crippen molar-refractivity contribution in [2.24, 2.45) is 5.73 Å². The summed E-state index contributed by atoms with van der Waals surface area (Å²) in [5.41, 5.74) is 6.50. The van der Waals surface area contributed by atoms with Gasteiger partial charge in [-0.25, -0.2) is 4.79 Å². The fourth-order valence-electron chi connectivity index (χ4n) is 3.54. The number of amides is 2. The molecule has 3 N–H and O–H groups in total. The second kappa shape index (κ2) is 8.91. The number of fused-ring (bicyclic) bond motifs is 1. The van der Waals surface area contributed by atoms with E-state index in [9.17, 15) is 9.59 Å². The third-order valence-electron chi connectivity index (χ3n) is 4.94. The predicted molar refractivity (Wildman–Crippen MR) is 114 cm³/mol. The number of ether oxygens (including phenoxy) is 1. The Labute approximate surface area is 176 Å². The van der Waals surface area contributed by atoms with Crippen molar-refractivity contribution >= 4 is 28.8 Å². The van der Waals surface area contributed by atoms with E-state index in [-0.39, 0.29) is 24.5 Å². The summed E-state index contributed by atoms with van der Waals surface area (Å²) < 4.78 is 10.9. The highest BCUT2D eigenvalue weighted by Gasteiger charge is 2.30. The monoisotopic (exact) mass is 417 g/mol. The molecule has 0 bridgehead atoms. The van der Waals surface area contributed by atoms with E-state index in [2.05, 4.69) is 15.4 Å². The van der Waals surface area contributed by atoms with E-state index >= 15 is 0 Å². The molecular formula is C21H31N5O4. The van der Waals surface area contributed by atoms with Crippen molar-refractivity contribution in [3.8, 4) is 0 Å². The zero-order valence-corrected chi connectivity index (χ0v) is 18.1. The number of anilines is 1. The van der Waals surface area contributed by atoms with Gasteiger partial charge >= 0.3 is 6.09 Å². The van der Waals surface area contributed by atoms with Gasteiger partial charge in [0.25, 0.3) is 0 Å². The van der Waals surface area contributed by atoms with E-state index in [1.165, 1.54) is 0 Å². The maximum atomic E-state index is 12.4. The Morgan fingerprint density at radius 2 is 2.10 bits per heavy atom. The molecule has 1 aliphatic heterocycles. The van der Waals surface area contributed by atoms with Gasteiger partial charge in [0.2, 0.25) is 5.91 Å². The molecule has 1 aromatic heterocycles. The van der Waals surface area contributed by atoms with Gasteiger partial charge < -0.3 is 25.2 Å². The van der Waals surface area contributed by atoms with Gasteiger partial charge in [-0.1, -0.05) is 11.2 Å². The number of carbonyl (C=O) groups excluding carboxylic acids is 2. The summed E-state index contributed by atoms with van der Waals surface area (Å²) >= 11 is 0. The molecule has 164 valence electrons. The number of carbonyl (C=O) groups is 2. The van der Waals surface area contributed by atoms with Crippen LogP contribution in [0.1, 0.15) is 39.7 Å². The van der Waals surface area contributed by atoms with Crippen LogP contribution in [0.2, 0.25) is 0 Å². The Morgan fingerprint density at radius 1 is 1.33 bits per heavy atom. The van der Waals surface area contributed by atoms with E-state index in [1.807, 2.05) is 45.9 Å². The fourth-order valence-corrected chi connectivity index (χ4v) is 3.54. The number of hydrogen-bond donors (Lipinski definition) is 2. The predicted octanol–water partition coefficient (Wildman–Crippen LogP) is 2.56. The smallest absolute Gasteiger partial charge is 0.410 e. The van der Waals surface area contributed by atoms with Gasteiger partial charge in [0.15, 0.2) is 11.4 Å². The second-order valence-corrected chi connectivity index (χ2v) is 8.76. The lowest BCUT2D eigenvalue weighted by atomic mass is 10.1. The largest absolute Gasteiger partial charge is 0.444 e. The van der Waals surface area contributed by atoms with Crippen molar-refractivity contribution in [3.05, 3.63) is 23.8 Å². The summed E-state index contributed by atoms with van der Waals surface area (Å²) in [5, 5.41) is 8.01. The summed E-state index contributed by atoms with van der Waals surface area (Å²) in [5.74, 6) is 0.242. The lowest BCUT2D eigenvalue weighted by Gasteiger charge is -2.40. The fraction of sp³-hybridized carbons (Fsp3) is 0.571. The molecule has 1 aromatic carbocycles. The topological polar surface area (TPSA) is 114 Å². The molecule has 1 fully saturated rings. The molecule has 1 saturated heterocycles. The molecule has 1 atom stereocenters. The highest BCUT2D eigenvalue weighted by molar-refractivity contribution is 5.88. The number of aromatic nitrogens is 1. The van der Waals surface area contributed by atoms with Crippen LogP contribution in [0.5, 0.6) is 0 Å². The van der Waals surface area contributed by atoms with Crippen molar-refractivity contribution in [3.63, 3.8) is 0 Å². The van der Waals surface area contributed by atoms with Crippen LogP contribution in [0.4, 0.5) is 10.6 Å². The van der Waals surface area contributed by atoms with Crippen molar-refractivity contribution in [2.45, 2.75) is 52.3 Å². The minimum Gasteiger partial charge on any atom is -0.444 e. The summed E-state index contributed by atoms with van der Waals surface area (Å²) in [6, 6.07) is 6.03. The number of hydrogen-bond acceptors (Lipinski definition) is 7. The summed E-state index contributed by atoms with van der Waals surface area (Å²) in [7, 11) is 0. The number of nitrogens with one attached hydrogen (secondary N) is 1. The SMILES string of the molecule is C[C@H]1CN(Cc2ccc3onc(NCCC(N)=O)c3c2)CCN1C(=O)OC(C)(C)C. The van der Waals surface area contributed by atoms with E-state index in [0.29, 0.717) is 24.5 Å². The van der Waals surface area contributed by atoms with Gasteiger partial charge in [-0.3, -0.25) is 9.69 Å². The van der Waals surface area contributed by atoms with Crippen LogP contribution in [0, 0.1) is 0 Å². The average Bonchev–Trinajstić information content (AvgIpc) is 3.02. The zero-order valence-electron chi connectivity index (χ0n) is 18.1. The molecule has 2 heterocycles. The van der Waals surface area contributed by atoms with Crippen LogP contribution >= 0.6 is 0 Å². The molecule has 0 saturated carbocycles. The Kier molecular flexibility index (Phi) is 6.50. The van der Waals surface area contributed by atoms with Crippen LogP contribution in [0.25, 0.3) is 11.0 Å². The van der Waals surface area contributed by atoms with Crippen molar-refractivity contribution in [2.75, 3.05) is 31.5 Å². The number of piperazine rings is 1. The molecule has 2 aromatic rings. The Bertz CT molecular complexity index is 904. The van der Waals surface area contributed by atoms with Gasteiger partial charge in [0, 0.05) is 45.2 Å². The molecule has 2 amide bonds. The number of primary amides is 1. The van der Waals surface area contributed by atoms with Crippen molar-refractivity contribution in [1.29, 1.82) is 0 Å². The number of rotatable bonds is 6. The molecule has 1 aliphatic rings. The Hall–Kier alpha value is -2.81. The highest BCUT2D eigenvalue weighted by Crippen LogP contribution is 2.25. The van der Waals surface area contributed by atoms with Crippen LogP contribution in [0.15, 0.2) is 22.7 Å². The summed E-state index contributed by atoms with van der Waals surface area (Å²) in [4.78, 5) is 27.4. The number of nitrogens with zero attached hydrogens (tertiary/aromatic N) is 3. The molecule has 3 rings (SSSR count). The third-order valence-corrected chi connectivity index (χ3v) is 4.94. The number of nitrogens with two attached hydrogens (primary N) is 1. The van der Waals surface area contributed by atoms with E-state index < -0.39 is 5.60 Å². The van der Waals surface area contributed by atoms with Gasteiger partial charge in [-0.2, -0.15) is 0 Å². The van der Waals surface area contributed by atoms with Crippen molar-refractivity contribution in [1.82, 2.24) is 15.0 Å². The van der Waals surface area contributed by atoms with Crippen LogP contribution in [-0.4, -0.2) is 64.8 Å².